The molecule has 2 N–H and O–H groups in total. The molecule has 2 aromatic rings. The summed E-state index contributed by atoms with van der Waals surface area (Å²) in [6.07, 6.45) is 3.90. The average Bonchev–Trinajstić information content (AvgIpc) is 3.21. The summed E-state index contributed by atoms with van der Waals surface area (Å²) in [5, 5.41) is 3.00. The van der Waals surface area contributed by atoms with Gasteiger partial charge in [0.05, 0.1) is 24.1 Å². The van der Waals surface area contributed by atoms with Gasteiger partial charge in [-0.05, 0) is 62.3 Å². The number of aromatic nitrogens is 2. The number of rotatable bonds is 4. The molecule has 0 spiro atoms. The highest BCUT2D eigenvalue weighted by Gasteiger charge is 2.38. The van der Waals surface area contributed by atoms with Crippen LogP contribution in [0, 0.1) is 19.8 Å². The van der Waals surface area contributed by atoms with Crippen molar-refractivity contribution in [1.82, 2.24) is 20.2 Å². The Kier molecular flexibility index (Phi) is 3.60. The Bertz CT molecular complexity index is 712. The number of benzene rings is 1. The van der Waals surface area contributed by atoms with Gasteiger partial charge in [-0.25, -0.2) is 4.98 Å². The Morgan fingerprint density at radius 1 is 1.35 bits per heavy atom. The molecule has 2 heterocycles. The highest BCUT2D eigenvalue weighted by atomic mass is 16.2. The summed E-state index contributed by atoms with van der Waals surface area (Å²) in [6, 6.07) is 4.85. The lowest BCUT2D eigenvalue weighted by molar-refractivity contribution is -0.122. The van der Waals surface area contributed by atoms with Crippen molar-refractivity contribution in [2.45, 2.75) is 45.7 Å². The van der Waals surface area contributed by atoms with Crippen LogP contribution in [0.3, 0.4) is 0 Å². The van der Waals surface area contributed by atoms with Crippen LogP contribution in [0.25, 0.3) is 11.0 Å². The van der Waals surface area contributed by atoms with Gasteiger partial charge in [0.1, 0.15) is 5.82 Å². The third-order valence-corrected chi connectivity index (χ3v) is 5.47. The maximum Gasteiger partial charge on any atom is 0.234 e. The molecule has 1 aliphatic heterocycles. The molecule has 122 valence electrons. The van der Waals surface area contributed by atoms with Crippen molar-refractivity contribution in [1.29, 1.82) is 0 Å². The molecule has 1 aliphatic carbocycles. The Balaban J connectivity index is 1.36. The summed E-state index contributed by atoms with van der Waals surface area (Å²) in [6.45, 7) is 6.28. The summed E-state index contributed by atoms with van der Waals surface area (Å²) in [4.78, 5) is 22.4. The first-order chi connectivity index (χ1) is 11.1. The molecule has 2 aliphatic rings. The number of carbonyl (C=O) groups excluding carboxylic acids is 1. The van der Waals surface area contributed by atoms with E-state index in [0.717, 1.165) is 29.3 Å². The van der Waals surface area contributed by atoms with Crippen molar-refractivity contribution < 1.29 is 4.79 Å². The number of hydrogen-bond donors (Lipinski definition) is 2. The first-order valence-corrected chi connectivity index (χ1v) is 8.55. The highest BCUT2D eigenvalue weighted by Crippen LogP contribution is 2.36. The van der Waals surface area contributed by atoms with Crippen LogP contribution in [0.15, 0.2) is 12.1 Å². The molecule has 1 saturated heterocycles. The number of H-pyrrole nitrogens is 1. The number of piperidine rings is 1. The van der Waals surface area contributed by atoms with Gasteiger partial charge in [-0.15, -0.1) is 0 Å². The first-order valence-electron chi connectivity index (χ1n) is 8.55. The molecule has 1 amide bonds. The van der Waals surface area contributed by atoms with Crippen molar-refractivity contribution >= 4 is 16.9 Å². The average molecular weight is 312 g/mol. The zero-order valence-electron chi connectivity index (χ0n) is 13.9. The SMILES string of the molecule is Cc1cc2nc(CNC(=O)CN3C[C@@H]4CC[C@H]3C4)[nH]c2cc1C. The molecule has 1 aromatic heterocycles. The van der Waals surface area contributed by atoms with Gasteiger partial charge in [0.2, 0.25) is 5.91 Å². The number of aromatic amines is 1. The van der Waals surface area contributed by atoms with Crippen LogP contribution in [0.1, 0.15) is 36.2 Å². The molecular weight excluding hydrogens is 288 g/mol. The van der Waals surface area contributed by atoms with Crippen molar-refractivity contribution in [2.75, 3.05) is 13.1 Å². The zero-order valence-corrected chi connectivity index (χ0v) is 13.9. The van der Waals surface area contributed by atoms with Gasteiger partial charge in [0, 0.05) is 12.6 Å². The molecule has 5 nitrogen and oxygen atoms in total. The van der Waals surface area contributed by atoms with Gasteiger partial charge in [-0.3, -0.25) is 9.69 Å². The Hall–Kier alpha value is -1.88. The van der Waals surface area contributed by atoms with E-state index in [1.54, 1.807) is 0 Å². The lowest BCUT2D eigenvalue weighted by Crippen LogP contribution is -2.41. The number of hydrogen-bond acceptors (Lipinski definition) is 3. The minimum absolute atomic E-state index is 0.102. The molecular formula is C18H24N4O. The third-order valence-electron chi connectivity index (χ3n) is 5.47. The summed E-state index contributed by atoms with van der Waals surface area (Å²) < 4.78 is 0. The fourth-order valence-electron chi connectivity index (χ4n) is 4.05. The maximum atomic E-state index is 12.2. The molecule has 5 heteroatoms. The van der Waals surface area contributed by atoms with E-state index in [0.29, 0.717) is 19.1 Å². The number of carbonyl (C=O) groups is 1. The Morgan fingerprint density at radius 2 is 2.17 bits per heavy atom. The van der Waals surface area contributed by atoms with Crippen LogP contribution in [0.2, 0.25) is 0 Å². The first kappa shape index (κ1) is 14.7. The minimum Gasteiger partial charge on any atom is -0.348 e. The fourth-order valence-corrected chi connectivity index (χ4v) is 4.05. The quantitative estimate of drug-likeness (QED) is 0.910. The van der Waals surface area contributed by atoms with Gasteiger partial charge < -0.3 is 10.3 Å². The lowest BCUT2D eigenvalue weighted by Gasteiger charge is -2.25. The second-order valence-corrected chi connectivity index (χ2v) is 7.18. The number of nitrogens with zero attached hydrogens (tertiary/aromatic N) is 2. The summed E-state index contributed by atoms with van der Waals surface area (Å²) in [7, 11) is 0. The van der Waals surface area contributed by atoms with Crippen molar-refractivity contribution in [2.24, 2.45) is 5.92 Å². The smallest absolute Gasteiger partial charge is 0.234 e. The number of amides is 1. The van der Waals surface area contributed by atoms with Crippen LogP contribution in [-0.4, -0.2) is 39.9 Å². The normalized spacial score (nSPS) is 23.7. The second-order valence-electron chi connectivity index (χ2n) is 7.18. The molecule has 1 saturated carbocycles. The molecule has 0 unspecified atom stereocenters. The number of likely N-dealkylation sites (tertiary alicyclic amines) is 1. The summed E-state index contributed by atoms with van der Waals surface area (Å²) in [5.74, 6) is 1.75. The van der Waals surface area contributed by atoms with Crippen LogP contribution < -0.4 is 5.32 Å². The van der Waals surface area contributed by atoms with Gasteiger partial charge >= 0.3 is 0 Å². The van der Waals surface area contributed by atoms with E-state index in [4.69, 9.17) is 0 Å². The predicted octanol–water partition coefficient (Wildman–Crippen LogP) is 2.28. The van der Waals surface area contributed by atoms with E-state index in [9.17, 15) is 4.79 Å². The summed E-state index contributed by atoms with van der Waals surface area (Å²) in [5.41, 5.74) is 4.49. The highest BCUT2D eigenvalue weighted by molar-refractivity contribution is 5.79. The van der Waals surface area contributed by atoms with Crippen molar-refractivity contribution in [3.05, 3.63) is 29.1 Å². The third kappa shape index (κ3) is 2.85. The van der Waals surface area contributed by atoms with Gasteiger partial charge in [0.25, 0.3) is 0 Å². The number of fused-ring (bicyclic) bond motifs is 3. The largest absolute Gasteiger partial charge is 0.348 e. The van der Waals surface area contributed by atoms with E-state index < -0.39 is 0 Å². The number of imidazole rings is 1. The summed E-state index contributed by atoms with van der Waals surface area (Å²) >= 11 is 0. The van der Waals surface area contributed by atoms with Crippen molar-refractivity contribution in [3.8, 4) is 0 Å². The monoisotopic (exact) mass is 312 g/mol. The van der Waals surface area contributed by atoms with Gasteiger partial charge in [0.15, 0.2) is 0 Å². The maximum absolute atomic E-state index is 12.2. The van der Waals surface area contributed by atoms with Crippen LogP contribution >= 0.6 is 0 Å². The number of aryl methyl sites for hydroxylation is 2. The molecule has 0 radical (unpaired) electrons. The van der Waals surface area contributed by atoms with Gasteiger partial charge in [-0.1, -0.05) is 0 Å². The predicted molar refractivity (Wildman–Crippen MR) is 90.1 cm³/mol. The Morgan fingerprint density at radius 3 is 2.91 bits per heavy atom. The van der Waals surface area contributed by atoms with Crippen LogP contribution in [0.5, 0.6) is 0 Å². The molecule has 2 fully saturated rings. The molecule has 2 bridgehead atoms. The molecule has 23 heavy (non-hydrogen) atoms. The van der Waals surface area contributed by atoms with Crippen LogP contribution in [0.4, 0.5) is 0 Å². The van der Waals surface area contributed by atoms with E-state index in [1.807, 2.05) is 0 Å². The molecule has 1 aromatic carbocycles. The van der Waals surface area contributed by atoms with E-state index in [2.05, 4.69) is 46.2 Å². The second kappa shape index (κ2) is 5.64. The zero-order chi connectivity index (χ0) is 16.0. The topological polar surface area (TPSA) is 61.0 Å². The van der Waals surface area contributed by atoms with Crippen molar-refractivity contribution in [3.63, 3.8) is 0 Å². The Labute approximate surface area is 136 Å². The van der Waals surface area contributed by atoms with E-state index >= 15 is 0 Å². The minimum atomic E-state index is 0.102. The standard InChI is InChI=1S/C18H24N4O/c1-11-5-15-16(6-12(11)2)21-17(20-15)8-19-18(23)10-22-9-13-3-4-14(22)7-13/h5-6,13-14H,3-4,7-10H2,1-2H3,(H,19,23)(H,20,21)/t13-,14+/m1/s1. The lowest BCUT2D eigenvalue weighted by atomic mass is 10.1. The van der Waals surface area contributed by atoms with E-state index in [-0.39, 0.29) is 5.91 Å². The fraction of sp³-hybridized carbons (Fsp3) is 0.556. The van der Waals surface area contributed by atoms with E-state index in [1.165, 1.54) is 30.4 Å². The molecule has 4 rings (SSSR count). The van der Waals surface area contributed by atoms with Crippen LogP contribution in [-0.2, 0) is 11.3 Å². The molecule has 2 atom stereocenters. The van der Waals surface area contributed by atoms with Gasteiger partial charge in [-0.2, -0.15) is 0 Å². The number of nitrogens with one attached hydrogen (secondary N) is 2.